The van der Waals surface area contributed by atoms with Crippen LogP contribution >= 0.6 is 11.3 Å². The van der Waals surface area contributed by atoms with Crippen LogP contribution in [0.4, 0.5) is 5.82 Å². The summed E-state index contributed by atoms with van der Waals surface area (Å²) in [5, 5.41) is 23.9. The number of unbranched alkanes of at least 4 members (excludes halogenated alkanes) is 5. The zero-order valence-electron chi connectivity index (χ0n) is 35.4. The summed E-state index contributed by atoms with van der Waals surface area (Å²) in [5.74, 6) is 1.24. The van der Waals surface area contributed by atoms with Crippen LogP contribution in [-0.4, -0.2) is 86.7 Å². The van der Waals surface area contributed by atoms with Gasteiger partial charge >= 0.3 is 0 Å². The first-order valence-electron chi connectivity index (χ1n) is 21.8. The summed E-state index contributed by atoms with van der Waals surface area (Å²) in [6, 6.07) is 26.5. The minimum atomic E-state index is 0.240. The molecule has 60 heavy (non-hydrogen) atoms. The van der Waals surface area contributed by atoms with Crippen LogP contribution in [-0.2, 0) is 30.8 Å². The molecule has 5 aromatic heterocycles. The summed E-state index contributed by atoms with van der Waals surface area (Å²) in [7, 11) is 0. The zero-order valence-corrected chi connectivity index (χ0v) is 36.2. The van der Waals surface area contributed by atoms with Crippen molar-refractivity contribution >= 4 is 66.2 Å². The van der Waals surface area contributed by atoms with Gasteiger partial charge in [-0.2, -0.15) is 20.1 Å². The molecule has 0 radical (unpaired) electrons. The molecule has 0 aliphatic carbocycles. The topological polar surface area (TPSA) is 129 Å². The van der Waals surface area contributed by atoms with E-state index in [0.29, 0.717) is 6.42 Å². The summed E-state index contributed by atoms with van der Waals surface area (Å²) in [6.07, 6.45) is 14.4. The van der Waals surface area contributed by atoms with Crippen molar-refractivity contribution in [3.05, 3.63) is 96.3 Å². The van der Waals surface area contributed by atoms with Crippen LogP contribution in [0.2, 0.25) is 0 Å². The molecule has 0 N–H and O–H groups in total. The lowest BCUT2D eigenvalue weighted by molar-refractivity contribution is -0.131. The van der Waals surface area contributed by atoms with Gasteiger partial charge in [-0.15, -0.1) is 16.4 Å². The van der Waals surface area contributed by atoms with Gasteiger partial charge in [-0.1, -0.05) is 94.1 Å². The van der Waals surface area contributed by atoms with Crippen molar-refractivity contribution in [2.75, 3.05) is 31.1 Å². The van der Waals surface area contributed by atoms with Crippen molar-refractivity contribution < 1.29 is 4.79 Å². The van der Waals surface area contributed by atoms with Gasteiger partial charge in [0.25, 0.3) is 0 Å². The molecule has 8 aromatic rings. The molecule has 314 valence electrons. The van der Waals surface area contributed by atoms with E-state index in [0.717, 1.165) is 110 Å². The number of anilines is 1. The van der Waals surface area contributed by atoms with Crippen LogP contribution in [0.3, 0.4) is 0 Å². The molecule has 1 saturated heterocycles. The summed E-state index contributed by atoms with van der Waals surface area (Å²) in [5.41, 5.74) is 5.19. The number of piperazine rings is 1. The van der Waals surface area contributed by atoms with Gasteiger partial charge in [-0.25, -0.2) is 14.6 Å². The third kappa shape index (κ3) is 10.9. The highest BCUT2D eigenvalue weighted by Crippen LogP contribution is 2.31. The maximum absolute atomic E-state index is 12.7. The third-order valence-electron chi connectivity index (χ3n) is 10.9. The number of fused-ring (bicyclic) bond motifs is 4. The molecular weight excluding hydrogens is 769 g/mol. The molecule has 0 unspecified atom stereocenters. The Balaban J connectivity index is 0.000000160. The van der Waals surface area contributed by atoms with E-state index >= 15 is 0 Å². The first-order chi connectivity index (χ1) is 29.5. The zero-order chi connectivity index (χ0) is 41.5. The van der Waals surface area contributed by atoms with Gasteiger partial charge in [0.2, 0.25) is 5.91 Å². The highest BCUT2D eigenvalue weighted by molar-refractivity contribution is 7.18. The highest BCUT2D eigenvalue weighted by atomic mass is 32.1. The molecule has 0 saturated carbocycles. The molecule has 0 spiro atoms. The van der Waals surface area contributed by atoms with Crippen LogP contribution in [0, 0.1) is 0 Å². The van der Waals surface area contributed by atoms with Gasteiger partial charge in [0.1, 0.15) is 33.5 Å². The van der Waals surface area contributed by atoms with Crippen molar-refractivity contribution in [3.8, 4) is 0 Å². The average molecular weight is 827 g/mol. The quantitative estimate of drug-likeness (QED) is 0.0929. The summed E-state index contributed by atoms with van der Waals surface area (Å²) in [4.78, 5) is 30.2. The van der Waals surface area contributed by atoms with E-state index in [1.54, 1.807) is 22.5 Å². The molecule has 9 rings (SSSR count). The summed E-state index contributed by atoms with van der Waals surface area (Å²) >= 11 is 1.74. The molecule has 14 heteroatoms. The van der Waals surface area contributed by atoms with E-state index < -0.39 is 0 Å². The van der Waals surface area contributed by atoms with Crippen LogP contribution < -0.4 is 4.90 Å². The maximum atomic E-state index is 12.7. The molecule has 3 aromatic carbocycles. The molecular formula is C46H58N12OS. The van der Waals surface area contributed by atoms with E-state index in [1.165, 1.54) is 47.9 Å². The number of aryl methyl sites for hydroxylation is 4. The number of benzene rings is 3. The van der Waals surface area contributed by atoms with E-state index in [2.05, 4.69) is 96.3 Å². The average Bonchev–Trinajstić information content (AvgIpc) is 4.11. The minimum absolute atomic E-state index is 0.240. The number of thiophene rings is 1. The Labute approximate surface area is 356 Å². The van der Waals surface area contributed by atoms with E-state index in [1.807, 2.05) is 64.3 Å². The predicted octanol–water partition coefficient (Wildman–Crippen LogP) is 9.37. The second-order valence-electron chi connectivity index (χ2n) is 15.2. The first kappa shape index (κ1) is 42.4. The van der Waals surface area contributed by atoms with Crippen molar-refractivity contribution in [1.82, 2.24) is 54.6 Å². The van der Waals surface area contributed by atoms with E-state index in [4.69, 9.17) is 0 Å². The van der Waals surface area contributed by atoms with Gasteiger partial charge < -0.3 is 9.80 Å². The number of nitrogens with zero attached hydrogens (tertiary/aromatic N) is 12. The van der Waals surface area contributed by atoms with Crippen molar-refractivity contribution in [2.24, 2.45) is 0 Å². The smallest absolute Gasteiger partial charge is 0.222 e. The molecule has 1 fully saturated rings. The molecule has 6 heterocycles. The normalized spacial score (nSPS) is 12.8. The van der Waals surface area contributed by atoms with E-state index in [9.17, 15) is 4.79 Å². The summed E-state index contributed by atoms with van der Waals surface area (Å²) in [6.45, 7) is 12.4. The lowest BCUT2D eigenvalue weighted by atomic mass is 10.2. The third-order valence-corrected chi connectivity index (χ3v) is 12.1. The monoisotopic (exact) mass is 826 g/mol. The summed E-state index contributed by atoms with van der Waals surface area (Å²) < 4.78 is 4.03. The molecule has 1 aliphatic rings. The number of carbonyl (C=O) groups is 1. The highest BCUT2D eigenvalue weighted by Gasteiger charge is 2.23. The Morgan fingerprint density at radius 3 is 2.07 bits per heavy atom. The Morgan fingerprint density at radius 1 is 0.683 bits per heavy atom. The van der Waals surface area contributed by atoms with Crippen LogP contribution in [0.1, 0.15) is 83.4 Å². The number of rotatable bonds is 15. The SMILES string of the molecule is CCCCCn1nc2ccccc2n1.CCCCCn1ncc2ccccc21.CCc1cc2c(N3CCN(C(=O)CCCCn4nnc5ccccc54)CC3)ncnc2s1. The van der Waals surface area contributed by atoms with Gasteiger partial charge in [-0.05, 0) is 68.5 Å². The number of hydrogen-bond donors (Lipinski definition) is 0. The van der Waals surface area contributed by atoms with Crippen molar-refractivity contribution in [2.45, 2.75) is 105 Å². The maximum Gasteiger partial charge on any atom is 0.222 e. The van der Waals surface area contributed by atoms with Crippen LogP contribution in [0.5, 0.6) is 0 Å². The number of hydrogen-bond acceptors (Lipinski definition) is 10. The standard InChI is InChI=1S/C23H27N7OS.C12H16N2.C11H15N3/c1-2-17-15-18-22(24-16-25-23(18)32-17)29-13-11-28(12-14-29)21(31)9-5-6-10-30-20-8-4-3-7-19(20)26-27-30;1-2-3-6-9-14-12-8-5-4-7-11(12)10-13-14;1-2-3-6-9-14-12-10-7-4-5-8-11(10)13-14/h3-4,7-8,15-16H,2,5-6,9-14H2,1H3;4-5,7-8,10H,2-3,6,9H2,1H3;4-5,7-8H,2-3,6,9H2,1H3. The lowest BCUT2D eigenvalue weighted by Gasteiger charge is -2.35. The number of amides is 1. The number of aromatic nitrogens is 10. The second kappa shape index (κ2) is 21.5. The first-order valence-corrected chi connectivity index (χ1v) is 22.6. The molecule has 0 bridgehead atoms. The fourth-order valence-electron chi connectivity index (χ4n) is 7.49. The van der Waals surface area contributed by atoms with Gasteiger partial charge in [0, 0.05) is 56.0 Å². The van der Waals surface area contributed by atoms with Gasteiger partial charge in [0.05, 0.1) is 29.2 Å². The Kier molecular flexibility index (Phi) is 15.2. The minimum Gasteiger partial charge on any atom is -0.352 e. The molecule has 13 nitrogen and oxygen atoms in total. The number of carbonyl (C=O) groups excluding carboxylic acids is 1. The Bertz CT molecular complexity index is 2510. The van der Waals surface area contributed by atoms with Crippen molar-refractivity contribution in [3.63, 3.8) is 0 Å². The number of para-hydroxylation sites is 2. The molecule has 1 amide bonds. The van der Waals surface area contributed by atoms with Gasteiger partial charge in [-0.3, -0.25) is 9.48 Å². The second-order valence-corrected chi connectivity index (χ2v) is 16.3. The largest absolute Gasteiger partial charge is 0.352 e. The van der Waals surface area contributed by atoms with Gasteiger partial charge in [0.15, 0.2) is 0 Å². The van der Waals surface area contributed by atoms with E-state index in [-0.39, 0.29) is 5.91 Å². The fraction of sp³-hybridized carbons (Fsp3) is 0.435. The Morgan fingerprint density at radius 2 is 1.33 bits per heavy atom. The Hall–Kier alpha value is -5.76. The van der Waals surface area contributed by atoms with Crippen LogP contribution in [0.25, 0.3) is 43.2 Å². The predicted molar refractivity (Wildman–Crippen MR) is 243 cm³/mol. The van der Waals surface area contributed by atoms with Crippen molar-refractivity contribution in [1.29, 1.82) is 0 Å². The lowest BCUT2D eigenvalue weighted by Crippen LogP contribution is -2.49. The molecule has 1 aliphatic heterocycles. The van der Waals surface area contributed by atoms with Crippen LogP contribution in [0.15, 0.2) is 91.4 Å². The fourth-order valence-corrected chi connectivity index (χ4v) is 8.42. The molecule has 0 atom stereocenters.